The van der Waals surface area contributed by atoms with Crippen molar-refractivity contribution in [1.29, 1.82) is 0 Å². The lowest BCUT2D eigenvalue weighted by molar-refractivity contribution is -0.384. The van der Waals surface area contributed by atoms with Gasteiger partial charge in [-0.1, -0.05) is 36.4 Å². The Morgan fingerprint density at radius 3 is 2.27 bits per heavy atom. The van der Waals surface area contributed by atoms with E-state index in [9.17, 15) is 19.7 Å². The van der Waals surface area contributed by atoms with Gasteiger partial charge in [-0.25, -0.2) is 5.01 Å². The van der Waals surface area contributed by atoms with Crippen LogP contribution in [0.25, 0.3) is 6.08 Å². The van der Waals surface area contributed by atoms with E-state index in [0.29, 0.717) is 11.4 Å². The molecule has 0 saturated carbocycles. The first-order valence-corrected chi connectivity index (χ1v) is 10.0. The summed E-state index contributed by atoms with van der Waals surface area (Å²) in [7, 11) is 0. The van der Waals surface area contributed by atoms with Crippen LogP contribution in [-0.4, -0.2) is 30.0 Å². The minimum atomic E-state index is -0.617. The highest BCUT2D eigenvalue weighted by atomic mass is 16.6. The third-order valence-corrected chi connectivity index (χ3v) is 4.76. The first-order valence-electron chi connectivity index (χ1n) is 10.0. The Morgan fingerprint density at radius 1 is 0.909 bits per heavy atom. The van der Waals surface area contributed by atoms with Gasteiger partial charge in [-0.15, -0.1) is 0 Å². The molecule has 166 valence electrons. The van der Waals surface area contributed by atoms with Gasteiger partial charge in [0.15, 0.2) is 0 Å². The van der Waals surface area contributed by atoms with Gasteiger partial charge < -0.3 is 9.47 Å². The number of para-hydroxylation sites is 2. The van der Waals surface area contributed by atoms with Crippen LogP contribution in [0.4, 0.5) is 11.4 Å². The summed E-state index contributed by atoms with van der Waals surface area (Å²) in [6, 6.07) is 21.8. The van der Waals surface area contributed by atoms with Gasteiger partial charge in [-0.3, -0.25) is 25.1 Å². The Bertz CT molecular complexity index is 1210. The molecule has 0 atom stereocenters. The van der Waals surface area contributed by atoms with E-state index in [4.69, 9.17) is 9.47 Å². The number of hydrogen-bond acceptors (Lipinski definition) is 6. The third-order valence-electron chi connectivity index (χ3n) is 4.76. The average Bonchev–Trinajstić information content (AvgIpc) is 3.12. The molecule has 1 fully saturated rings. The van der Waals surface area contributed by atoms with Crippen LogP contribution in [0.15, 0.2) is 84.4 Å². The van der Waals surface area contributed by atoms with Crippen LogP contribution in [0.1, 0.15) is 5.56 Å². The Morgan fingerprint density at radius 2 is 1.58 bits per heavy atom. The molecule has 0 spiro atoms. The van der Waals surface area contributed by atoms with Crippen molar-refractivity contribution in [3.63, 3.8) is 0 Å². The smallest absolute Gasteiger partial charge is 0.282 e. The molecule has 9 heteroatoms. The zero-order valence-corrected chi connectivity index (χ0v) is 17.3. The highest BCUT2D eigenvalue weighted by Gasteiger charge is 2.34. The molecule has 0 radical (unpaired) electrons. The molecule has 1 saturated heterocycles. The molecule has 1 aliphatic rings. The predicted octanol–water partition coefficient (Wildman–Crippen LogP) is 3.51. The largest absolute Gasteiger partial charge is 0.490 e. The van der Waals surface area contributed by atoms with E-state index in [1.807, 2.05) is 30.3 Å². The quantitative estimate of drug-likeness (QED) is 0.187. The fourth-order valence-electron chi connectivity index (χ4n) is 3.19. The molecule has 4 rings (SSSR count). The van der Waals surface area contributed by atoms with E-state index in [1.54, 1.807) is 30.3 Å². The van der Waals surface area contributed by atoms with Crippen LogP contribution >= 0.6 is 0 Å². The summed E-state index contributed by atoms with van der Waals surface area (Å²) in [5, 5.41) is 12.4. The van der Waals surface area contributed by atoms with Crippen molar-refractivity contribution < 1.29 is 24.0 Å². The summed E-state index contributed by atoms with van der Waals surface area (Å²) >= 11 is 0. The van der Waals surface area contributed by atoms with Crippen molar-refractivity contribution >= 4 is 29.3 Å². The number of nitrogens with one attached hydrogen (secondary N) is 1. The van der Waals surface area contributed by atoms with E-state index in [2.05, 4.69) is 5.43 Å². The van der Waals surface area contributed by atoms with Gasteiger partial charge in [0.2, 0.25) is 0 Å². The predicted molar refractivity (Wildman–Crippen MR) is 121 cm³/mol. The maximum absolute atomic E-state index is 12.8. The van der Waals surface area contributed by atoms with Crippen molar-refractivity contribution in [3.05, 3.63) is 100 Å². The van der Waals surface area contributed by atoms with Crippen molar-refractivity contribution in [2.75, 3.05) is 18.2 Å². The number of non-ortho nitro benzene ring substituents is 1. The molecule has 2 amide bonds. The van der Waals surface area contributed by atoms with E-state index in [1.165, 1.54) is 24.3 Å². The number of nitro benzene ring substituents is 1. The molecule has 0 bridgehead atoms. The number of carbonyl (C=O) groups is 2. The molecular weight excluding hydrogens is 426 g/mol. The van der Waals surface area contributed by atoms with Crippen molar-refractivity contribution in [1.82, 2.24) is 5.43 Å². The molecular formula is C24H19N3O6. The van der Waals surface area contributed by atoms with E-state index < -0.39 is 16.7 Å². The molecule has 0 unspecified atom stereocenters. The summed E-state index contributed by atoms with van der Waals surface area (Å²) in [5.41, 5.74) is 2.87. The second-order valence-corrected chi connectivity index (χ2v) is 6.96. The number of benzene rings is 3. The standard InChI is InChI=1S/C24H19N3O6/c28-23-21(24(29)26(25-23)18-7-3-1-4-8-18)16-17-15-19(27(30)31)11-12-22(17)33-14-13-32-20-9-5-2-6-10-20/h1-12,15-16H,13-14H2,(H,25,28). The molecule has 1 heterocycles. The number of amides is 2. The Labute approximate surface area is 189 Å². The topological polar surface area (TPSA) is 111 Å². The van der Waals surface area contributed by atoms with Gasteiger partial charge in [0.1, 0.15) is 30.3 Å². The summed E-state index contributed by atoms with van der Waals surface area (Å²) in [5.74, 6) is -0.227. The number of hydrogen-bond donors (Lipinski definition) is 1. The van der Waals surface area contributed by atoms with Gasteiger partial charge in [-0.2, -0.15) is 0 Å². The molecule has 33 heavy (non-hydrogen) atoms. The van der Waals surface area contributed by atoms with Gasteiger partial charge in [-0.05, 0) is 36.4 Å². The zero-order chi connectivity index (χ0) is 23.2. The van der Waals surface area contributed by atoms with Gasteiger partial charge >= 0.3 is 0 Å². The number of hydrazine groups is 1. The Kier molecular flexibility index (Phi) is 6.31. The van der Waals surface area contributed by atoms with Crippen LogP contribution in [0, 0.1) is 10.1 Å². The normalized spacial score (nSPS) is 14.3. The fraction of sp³-hybridized carbons (Fsp3) is 0.0833. The number of anilines is 1. The second-order valence-electron chi connectivity index (χ2n) is 6.96. The lowest BCUT2D eigenvalue weighted by atomic mass is 10.1. The van der Waals surface area contributed by atoms with Crippen molar-refractivity contribution in [2.45, 2.75) is 0 Å². The Hall–Kier alpha value is -4.66. The van der Waals surface area contributed by atoms with E-state index in [-0.39, 0.29) is 35.8 Å². The van der Waals surface area contributed by atoms with Crippen LogP contribution in [0.2, 0.25) is 0 Å². The molecule has 9 nitrogen and oxygen atoms in total. The summed E-state index contributed by atoms with van der Waals surface area (Å²) in [6.45, 7) is 0.386. The van der Waals surface area contributed by atoms with Crippen LogP contribution < -0.4 is 19.9 Å². The van der Waals surface area contributed by atoms with Crippen LogP contribution in [0.3, 0.4) is 0 Å². The minimum absolute atomic E-state index is 0.152. The maximum Gasteiger partial charge on any atom is 0.282 e. The first kappa shape index (κ1) is 21.6. The zero-order valence-electron chi connectivity index (χ0n) is 17.3. The Balaban J connectivity index is 1.55. The SMILES string of the molecule is O=C1NN(c2ccccc2)C(=O)C1=Cc1cc([N+](=O)[O-])ccc1OCCOc1ccccc1. The van der Waals surface area contributed by atoms with E-state index in [0.717, 1.165) is 5.01 Å². The van der Waals surface area contributed by atoms with Crippen LogP contribution in [-0.2, 0) is 9.59 Å². The van der Waals surface area contributed by atoms with Crippen LogP contribution in [0.5, 0.6) is 11.5 Å². The van der Waals surface area contributed by atoms with Gasteiger partial charge in [0, 0.05) is 17.7 Å². The van der Waals surface area contributed by atoms with Gasteiger partial charge in [0.25, 0.3) is 17.5 Å². The lowest BCUT2D eigenvalue weighted by Crippen LogP contribution is -2.35. The van der Waals surface area contributed by atoms with Gasteiger partial charge in [0.05, 0.1) is 10.6 Å². The summed E-state index contributed by atoms with van der Waals surface area (Å²) in [4.78, 5) is 36.0. The number of nitro groups is 1. The molecule has 0 aliphatic carbocycles. The minimum Gasteiger partial charge on any atom is -0.490 e. The fourth-order valence-corrected chi connectivity index (χ4v) is 3.19. The molecule has 3 aromatic carbocycles. The van der Waals surface area contributed by atoms with Crippen molar-refractivity contribution in [2.24, 2.45) is 0 Å². The molecule has 0 aromatic heterocycles. The number of carbonyl (C=O) groups excluding carboxylic acids is 2. The highest BCUT2D eigenvalue weighted by molar-refractivity contribution is 6.31. The molecule has 1 N–H and O–H groups in total. The summed E-state index contributed by atoms with van der Waals surface area (Å²) < 4.78 is 11.3. The molecule has 3 aromatic rings. The van der Waals surface area contributed by atoms with E-state index >= 15 is 0 Å². The lowest BCUT2D eigenvalue weighted by Gasteiger charge is -2.14. The maximum atomic E-state index is 12.8. The third kappa shape index (κ3) is 4.99. The summed E-state index contributed by atoms with van der Waals surface area (Å²) in [6.07, 6.45) is 1.29. The second kappa shape index (κ2) is 9.65. The number of nitrogens with zero attached hydrogens (tertiary/aromatic N) is 2. The number of ether oxygens (including phenoxy) is 2. The highest BCUT2D eigenvalue weighted by Crippen LogP contribution is 2.29. The first-order chi connectivity index (χ1) is 16.0. The van der Waals surface area contributed by atoms with Crippen molar-refractivity contribution in [3.8, 4) is 11.5 Å². The number of rotatable bonds is 8. The average molecular weight is 445 g/mol. The monoisotopic (exact) mass is 445 g/mol. The molecule has 1 aliphatic heterocycles.